The van der Waals surface area contributed by atoms with Gasteiger partial charge in [-0.25, -0.2) is 4.79 Å². The van der Waals surface area contributed by atoms with Crippen molar-refractivity contribution in [1.29, 1.82) is 0 Å². The number of nitrogens with two attached hydrogens (primary N) is 1. The van der Waals surface area contributed by atoms with Crippen LogP contribution in [0.5, 0.6) is 0 Å². The van der Waals surface area contributed by atoms with Gasteiger partial charge in [-0.1, -0.05) is 6.08 Å². The lowest BCUT2D eigenvalue weighted by Gasteiger charge is -2.15. The van der Waals surface area contributed by atoms with Crippen molar-refractivity contribution in [2.75, 3.05) is 6.61 Å². The van der Waals surface area contributed by atoms with Crippen molar-refractivity contribution in [3.63, 3.8) is 0 Å². The smallest absolute Gasteiger partial charge is 0.319 e. The summed E-state index contributed by atoms with van der Waals surface area (Å²) in [6.45, 7) is 4.11. The van der Waals surface area contributed by atoms with E-state index < -0.39 is 11.9 Å². The van der Waals surface area contributed by atoms with Crippen LogP contribution in [0, 0.1) is 0 Å². The molecule has 0 aromatic rings. The molecule has 5 heteroatoms. The fraction of sp³-hybridized carbons (Fsp3) is 0.385. The first kappa shape index (κ1) is 14.0. The molecule has 0 saturated heterocycles. The maximum atomic E-state index is 11.7. The monoisotopic (exact) mass is 250 g/mol. The molecule has 0 unspecified atom stereocenters. The number of nitrogens with one attached hydrogen (secondary N) is 1. The van der Waals surface area contributed by atoms with Crippen LogP contribution in [-0.2, 0) is 9.53 Å². The van der Waals surface area contributed by atoms with Crippen LogP contribution in [0.2, 0.25) is 0 Å². The van der Waals surface area contributed by atoms with E-state index >= 15 is 0 Å². The number of hydrogen-bond acceptors (Lipinski definition) is 3. The summed E-state index contributed by atoms with van der Waals surface area (Å²) in [5, 5.41) is 2.04. The number of unbranched alkanes of at least 4 members (excludes halogenated alkanes) is 2. The van der Waals surface area contributed by atoms with Gasteiger partial charge in [-0.15, -0.1) is 6.58 Å². The third-order valence-corrected chi connectivity index (χ3v) is 2.56. The van der Waals surface area contributed by atoms with Crippen LogP contribution in [-0.4, -0.2) is 18.5 Å². The molecule has 0 aromatic carbocycles. The molecule has 3 amide bonds. The zero-order chi connectivity index (χ0) is 13.4. The average molecular weight is 250 g/mol. The van der Waals surface area contributed by atoms with Gasteiger partial charge >= 0.3 is 6.03 Å². The Kier molecular flexibility index (Phi) is 5.70. The molecule has 0 atom stereocenters. The third-order valence-electron chi connectivity index (χ3n) is 2.56. The zero-order valence-corrected chi connectivity index (χ0v) is 10.3. The van der Waals surface area contributed by atoms with Gasteiger partial charge in [0.1, 0.15) is 6.61 Å². The summed E-state index contributed by atoms with van der Waals surface area (Å²) in [6, 6.07) is -0.863. The largest absolute Gasteiger partial charge is 0.496 e. The fourth-order valence-corrected chi connectivity index (χ4v) is 1.69. The van der Waals surface area contributed by atoms with Crippen molar-refractivity contribution in [2.24, 2.45) is 5.73 Å². The zero-order valence-electron chi connectivity index (χ0n) is 10.3. The molecule has 1 aliphatic heterocycles. The van der Waals surface area contributed by atoms with Gasteiger partial charge in [0.25, 0.3) is 5.91 Å². The van der Waals surface area contributed by atoms with E-state index in [1.54, 1.807) is 0 Å². The summed E-state index contributed by atoms with van der Waals surface area (Å²) in [6.07, 6.45) is 8.80. The summed E-state index contributed by atoms with van der Waals surface area (Å²) in [4.78, 5) is 22.3. The highest BCUT2D eigenvalue weighted by Gasteiger charge is 2.18. The molecule has 0 aromatic heterocycles. The van der Waals surface area contributed by atoms with Crippen LogP contribution in [0.4, 0.5) is 4.79 Å². The van der Waals surface area contributed by atoms with Crippen molar-refractivity contribution in [3.8, 4) is 0 Å². The molecular formula is C13H18N2O3. The van der Waals surface area contributed by atoms with Gasteiger partial charge in [0.2, 0.25) is 0 Å². The third kappa shape index (κ3) is 4.45. The topological polar surface area (TPSA) is 81.4 Å². The average Bonchev–Trinajstić information content (AvgIpc) is 2.34. The molecule has 0 bridgehead atoms. The lowest BCUT2D eigenvalue weighted by atomic mass is 9.98. The number of imide groups is 1. The van der Waals surface area contributed by atoms with E-state index in [0.29, 0.717) is 12.2 Å². The van der Waals surface area contributed by atoms with E-state index in [4.69, 9.17) is 10.5 Å². The maximum Gasteiger partial charge on any atom is 0.319 e. The predicted octanol–water partition coefficient (Wildman–Crippen LogP) is 1.77. The number of ether oxygens (including phenoxy) is 1. The first-order valence-corrected chi connectivity index (χ1v) is 5.88. The van der Waals surface area contributed by atoms with E-state index in [-0.39, 0.29) is 0 Å². The number of carbonyl (C=O) groups excluding carboxylic acids is 2. The summed E-state index contributed by atoms with van der Waals surface area (Å²) >= 11 is 0. The molecule has 0 radical (unpaired) electrons. The first-order valence-electron chi connectivity index (χ1n) is 5.88. The Morgan fingerprint density at radius 3 is 2.94 bits per heavy atom. The Hall–Kier alpha value is -2.04. The van der Waals surface area contributed by atoms with Crippen molar-refractivity contribution in [1.82, 2.24) is 5.32 Å². The lowest BCUT2D eigenvalue weighted by Crippen LogP contribution is -2.36. The summed E-state index contributed by atoms with van der Waals surface area (Å²) < 4.78 is 5.07. The van der Waals surface area contributed by atoms with E-state index in [1.165, 1.54) is 6.26 Å². The quantitative estimate of drug-likeness (QED) is 0.556. The molecule has 1 heterocycles. The highest BCUT2D eigenvalue weighted by molar-refractivity contribution is 6.05. The van der Waals surface area contributed by atoms with Crippen molar-refractivity contribution >= 4 is 11.9 Å². The normalized spacial score (nSPS) is 14.0. The van der Waals surface area contributed by atoms with Gasteiger partial charge in [-0.05, 0) is 37.3 Å². The van der Waals surface area contributed by atoms with Gasteiger partial charge < -0.3 is 10.5 Å². The Balaban J connectivity index is 2.56. The van der Waals surface area contributed by atoms with Gasteiger partial charge in [-0.3, -0.25) is 10.1 Å². The first-order chi connectivity index (χ1) is 8.65. The molecule has 3 N–H and O–H groups in total. The number of rotatable bonds is 6. The highest BCUT2D eigenvalue weighted by atomic mass is 16.5. The number of urea groups is 1. The van der Waals surface area contributed by atoms with Crippen LogP contribution in [0.1, 0.15) is 25.7 Å². The van der Waals surface area contributed by atoms with E-state index in [0.717, 1.165) is 31.3 Å². The second-order valence-electron chi connectivity index (χ2n) is 3.95. The molecule has 0 fully saturated rings. The number of amides is 3. The number of allylic oxidation sites excluding steroid dienone is 1. The Labute approximate surface area is 106 Å². The van der Waals surface area contributed by atoms with E-state index in [2.05, 4.69) is 6.58 Å². The summed E-state index contributed by atoms with van der Waals surface area (Å²) in [5.74, 6) is -0.517. The Morgan fingerprint density at radius 2 is 2.28 bits per heavy atom. The summed E-state index contributed by atoms with van der Waals surface area (Å²) in [7, 11) is 0. The maximum absolute atomic E-state index is 11.7. The van der Waals surface area contributed by atoms with Gasteiger partial charge in [0, 0.05) is 0 Å². The van der Waals surface area contributed by atoms with Crippen molar-refractivity contribution < 1.29 is 14.3 Å². The number of carbonyl (C=O) groups is 2. The molecule has 5 nitrogen and oxygen atoms in total. The second-order valence-corrected chi connectivity index (χ2v) is 3.95. The molecule has 0 spiro atoms. The fourth-order valence-electron chi connectivity index (χ4n) is 1.69. The van der Waals surface area contributed by atoms with E-state index in [9.17, 15) is 9.59 Å². The van der Waals surface area contributed by atoms with Crippen LogP contribution in [0.25, 0.3) is 0 Å². The van der Waals surface area contributed by atoms with Gasteiger partial charge in [-0.2, -0.15) is 0 Å². The predicted molar refractivity (Wildman–Crippen MR) is 68.5 cm³/mol. The number of primary amides is 1. The minimum Gasteiger partial charge on any atom is -0.496 e. The molecule has 0 saturated carbocycles. The minimum atomic E-state index is -0.863. The van der Waals surface area contributed by atoms with Crippen molar-refractivity contribution in [3.05, 3.63) is 36.1 Å². The van der Waals surface area contributed by atoms with Crippen LogP contribution in [0.15, 0.2) is 36.1 Å². The second kappa shape index (κ2) is 7.32. The van der Waals surface area contributed by atoms with Crippen LogP contribution >= 0.6 is 0 Å². The van der Waals surface area contributed by atoms with E-state index in [1.807, 2.05) is 17.5 Å². The summed E-state index contributed by atoms with van der Waals surface area (Å²) in [5.41, 5.74) is 6.18. The molecular weight excluding hydrogens is 232 g/mol. The SMILES string of the molecule is C=CCCCCC1=CCOC=C1C(=O)NC(N)=O. The number of hydrogen-bond donors (Lipinski definition) is 2. The standard InChI is InChI=1S/C13H18N2O3/c1-2-3-4-5-6-10-7-8-18-9-11(10)12(16)15-13(14)17/h2,7,9H,1,3-6,8H2,(H3,14,15,16,17). The van der Waals surface area contributed by atoms with Crippen molar-refractivity contribution in [2.45, 2.75) is 25.7 Å². The minimum absolute atomic E-state index is 0.374. The van der Waals surface area contributed by atoms with Crippen LogP contribution < -0.4 is 11.1 Å². The van der Waals surface area contributed by atoms with Gasteiger partial charge in [0.05, 0.1) is 11.8 Å². The molecule has 1 rings (SSSR count). The van der Waals surface area contributed by atoms with Gasteiger partial charge in [0.15, 0.2) is 0 Å². The lowest BCUT2D eigenvalue weighted by molar-refractivity contribution is -0.116. The molecule has 18 heavy (non-hydrogen) atoms. The van der Waals surface area contributed by atoms with Crippen LogP contribution in [0.3, 0.4) is 0 Å². The highest BCUT2D eigenvalue weighted by Crippen LogP contribution is 2.21. The Morgan fingerprint density at radius 1 is 1.50 bits per heavy atom. The molecule has 98 valence electrons. The molecule has 1 aliphatic rings. The molecule has 0 aliphatic carbocycles. The Bertz CT molecular complexity index is 397.